The van der Waals surface area contributed by atoms with Gasteiger partial charge in [0.05, 0.1) is 6.04 Å². The van der Waals surface area contributed by atoms with Crippen LogP contribution in [0.3, 0.4) is 0 Å². The van der Waals surface area contributed by atoms with Crippen LogP contribution < -0.4 is 0 Å². The van der Waals surface area contributed by atoms with Crippen LogP contribution in [-0.2, 0) is 4.79 Å². The zero-order chi connectivity index (χ0) is 11.6. The number of hydrogen-bond acceptors (Lipinski definition) is 2. The van der Waals surface area contributed by atoms with Crippen LogP contribution in [-0.4, -0.2) is 29.8 Å². The van der Waals surface area contributed by atoms with E-state index in [1.807, 2.05) is 0 Å². The summed E-state index contributed by atoms with van der Waals surface area (Å²) in [4.78, 5) is 14.2. The summed E-state index contributed by atoms with van der Waals surface area (Å²) in [6.07, 6.45) is 8.25. The summed E-state index contributed by atoms with van der Waals surface area (Å²) in [6, 6.07) is 0.284. The van der Waals surface area contributed by atoms with Crippen molar-refractivity contribution in [2.75, 3.05) is 13.1 Å². The molecule has 1 aliphatic heterocycles. The Kier molecular flexibility index (Phi) is 3.68. The maximum Gasteiger partial charge on any atom is 0.149 e. The Morgan fingerprint density at radius 2 is 1.88 bits per heavy atom. The van der Waals surface area contributed by atoms with Gasteiger partial charge in [-0.25, -0.2) is 0 Å². The molecule has 0 radical (unpaired) electrons. The van der Waals surface area contributed by atoms with Gasteiger partial charge in [0.2, 0.25) is 0 Å². The van der Waals surface area contributed by atoms with E-state index in [2.05, 4.69) is 18.7 Å². The number of Topliss-reactive ketones (excluding diaryl/α,β-unsaturated/α-hetero) is 1. The Labute approximate surface area is 99.4 Å². The van der Waals surface area contributed by atoms with Crippen molar-refractivity contribution in [3.63, 3.8) is 0 Å². The maximum absolute atomic E-state index is 11.7. The van der Waals surface area contributed by atoms with Crippen LogP contribution in [0.25, 0.3) is 0 Å². The first-order chi connectivity index (χ1) is 7.71. The van der Waals surface area contributed by atoms with Crippen LogP contribution in [0.2, 0.25) is 0 Å². The average molecular weight is 223 g/mol. The SMILES string of the molecule is CCC1(CC)CCN(C2CCCC2=O)CC1. The van der Waals surface area contributed by atoms with E-state index in [0.29, 0.717) is 11.2 Å². The fourth-order valence-corrected chi connectivity index (χ4v) is 3.45. The first kappa shape index (κ1) is 12.1. The standard InChI is InChI=1S/C14H25NO/c1-3-14(4-2)8-10-15(11-9-14)12-6-5-7-13(12)16/h12H,3-11H2,1-2H3. The van der Waals surface area contributed by atoms with Crippen molar-refractivity contribution in [2.45, 2.75) is 64.8 Å². The van der Waals surface area contributed by atoms with Gasteiger partial charge in [-0.1, -0.05) is 26.7 Å². The maximum atomic E-state index is 11.7. The number of piperidine rings is 1. The molecule has 0 aromatic carbocycles. The smallest absolute Gasteiger partial charge is 0.149 e. The lowest BCUT2D eigenvalue weighted by molar-refractivity contribution is -0.122. The molecule has 0 aromatic rings. The van der Waals surface area contributed by atoms with Gasteiger partial charge in [-0.05, 0) is 44.2 Å². The summed E-state index contributed by atoms with van der Waals surface area (Å²) in [5.41, 5.74) is 0.581. The van der Waals surface area contributed by atoms with Gasteiger partial charge in [0, 0.05) is 6.42 Å². The van der Waals surface area contributed by atoms with Crippen LogP contribution in [0.5, 0.6) is 0 Å². The molecule has 2 aliphatic rings. The van der Waals surface area contributed by atoms with Crippen LogP contribution in [0.1, 0.15) is 58.8 Å². The van der Waals surface area contributed by atoms with Crippen molar-refractivity contribution in [1.82, 2.24) is 4.90 Å². The Morgan fingerprint density at radius 1 is 1.25 bits per heavy atom. The summed E-state index contributed by atoms with van der Waals surface area (Å²) in [5.74, 6) is 0.500. The van der Waals surface area contributed by atoms with E-state index in [4.69, 9.17) is 0 Å². The Morgan fingerprint density at radius 3 is 2.31 bits per heavy atom. The zero-order valence-corrected chi connectivity index (χ0v) is 10.8. The molecule has 0 bridgehead atoms. The normalized spacial score (nSPS) is 30.9. The van der Waals surface area contributed by atoms with Crippen molar-refractivity contribution in [1.29, 1.82) is 0 Å². The molecule has 2 nitrogen and oxygen atoms in total. The highest BCUT2D eigenvalue weighted by Gasteiger charge is 2.37. The fourth-order valence-electron chi connectivity index (χ4n) is 3.45. The summed E-state index contributed by atoms with van der Waals surface area (Å²) in [7, 11) is 0. The van der Waals surface area contributed by atoms with E-state index in [0.717, 1.165) is 32.4 Å². The molecule has 2 fully saturated rings. The van der Waals surface area contributed by atoms with Crippen molar-refractivity contribution in [2.24, 2.45) is 5.41 Å². The van der Waals surface area contributed by atoms with E-state index >= 15 is 0 Å². The minimum Gasteiger partial charge on any atom is -0.298 e. The summed E-state index contributed by atoms with van der Waals surface area (Å²) in [6.45, 7) is 6.94. The average Bonchev–Trinajstić information content (AvgIpc) is 2.76. The Balaban J connectivity index is 1.92. The van der Waals surface area contributed by atoms with Gasteiger partial charge in [-0.3, -0.25) is 9.69 Å². The van der Waals surface area contributed by atoms with Gasteiger partial charge in [0.1, 0.15) is 5.78 Å². The highest BCUT2D eigenvalue weighted by Crippen LogP contribution is 2.39. The number of rotatable bonds is 3. The lowest BCUT2D eigenvalue weighted by Gasteiger charge is -2.42. The lowest BCUT2D eigenvalue weighted by Crippen LogP contribution is -2.46. The van der Waals surface area contributed by atoms with E-state index in [-0.39, 0.29) is 6.04 Å². The number of ketones is 1. The molecule has 0 N–H and O–H groups in total. The number of nitrogens with zero attached hydrogens (tertiary/aromatic N) is 1. The minimum atomic E-state index is 0.284. The van der Waals surface area contributed by atoms with Crippen LogP contribution in [0.15, 0.2) is 0 Å². The van der Waals surface area contributed by atoms with Crippen molar-refractivity contribution >= 4 is 5.78 Å². The van der Waals surface area contributed by atoms with E-state index in [1.54, 1.807) is 0 Å². The predicted molar refractivity (Wildman–Crippen MR) is 66.5 cm³/mol. The number of likely N-dealkylation sites (tertiary alicyclic amines) is 1. The van der Waals surface area contributed by atoms with Crippen LogP contribution in [0.4, 0.5) is 0 Å². The third kappa shape index (κ3) is 2.17. The molecule has 1 saturated heterocycles. The second-order valence-electron chi connectivity index (χ2n) is 5.62. The zero-order valence-electron chi connectivity index (χ0n) is 10.8. The quantitative estimate of drug-likeness (QED) is 0.733. The van der Waals surface area contributed by atoms with Crippen LogP contribution >= 0.6 is 0 Å². The van der Waals surface area contributed by atoms with Gasteiger partial charge in [-0.2, -0.15) is 0 Å². The molecular weight excluding hydrogens is 198 g/mol. The molecule has 1 unspecified atom stereocenters. The molecular formula is C14H25NO. The molecule has 0 amide bonds. The Hall–Kier alpha value is -0.370. The summed E-state index contributed by atoms with van der Waals surface area (Å²) >= 11 is 0. The van der Waals surface area contributed by atoms with Crippen molar-refractivity contribution in [3.8, 4) is 0 Å². The largest absolute Gasteiger partial charge is 0.298 e. The second kappa shape index (κ2) is 4.87. The molecule has 92 valence electrons. The lowest BCUT2D eigenvalue weighted by atomic mass is 9.74. The molecule has 0 aromatic heterocycles. The second-order valence-corrected chi connectivity index (χ2v) is 5.62. The third-order valence-electron chi connectivity index (χ3n) is 5.07. The number of hydrogen-bond donors (Lipinski definition) is 0. The van der Waals surface area contributed by atoms with Gasteiger partial charge >= 0.3 is 0 Å². The molecule has 0 spiro atoms. The molecule has 1 heterocycles. The van der Waals surface area contributed by atoms with Gasteiger partial charge in [-0.15, -0.1) is 0 Å². The summed E-state index contributed by atoms with van der Waals surface area (Å²) < 4.78 is 0. The van der Waals surface area contributed by atoms with Gasteiger partial charge < -0.3 is 0 Å². The first-order valence-corrected chi connectivity index (χ1v) is 6.97. The first-order valence-electron chi connectivity index (χ1n) is 6.97. The molecule has 1 saturated carbocycles. The highest BCUT2D eigenvalue weighted by atomic mass is 16.1. The fraction of sp³-hybridized carbons (Fsp3) is 0.929. The molecule has 16 heavy (non-hydrogen) atoms. The third-order valence-corrected chi connectivity index (χ3v) is 5.07. The topological polar surface area (TPSA) is 20.3 Å². The number of carbonyl (C=O) groups excluding carboxylic acids is 1. The van der Waals surface area contributed by atoms with Crippen molar-refractivity contribution < 1.29 is 4.79 Å². The van der Waals surface area contributed by atoms with Crippen LogP contribution in [0, 0.1) is 5.41 Å². The molecule has 2 heteroatoms. The Bertz CT molecular complexity index is 247. The minimum absolute atomic E-state index is 0.284. The molecule has 1 aliphatic carbocycles. The highest BCUT2D eigenvalue weighted by molar-refractivity contribution is 5.85. The molecule has 2 rings (SSSR count). The van der Waals surface area contributed by atoms with E-state index < -0.39 is 0 Å². The summed E-state index contributed by atoms with van der Waals surface area (Å²) in [5, 5.41) is 0. The number of carbonyl (C=O) groups is 1. The van der Waals surface area contributed by atoms with E-state index in [9.17, 15) is 4.79 Å². The predicted octanol–water partition coefficient (Wildman–Crippen LogP) is 3.01. The monoisotopic (exact) mass is 223 g/mol. The molecule has 1 atom stereocenters. The van der Waals surface area contributed by atoms with E-state index in [1.165, 1.54) is 25.7 Å². The van der Waals surface area contributed by atoms with Crippen molar-refractivity contribution in [3.05, 3.63) is 0 Å². The van der Waals surface area contributed by atoms with Gasteiger partial charge in [0.15, 0.2) is 0 Å². The van der Waals surface area contributed by atoms with Gasteiger partial charge in [0.25, 0.3) is 0 Å².